The number of nitrogens with zero attached hydrogens (tertiary/aromatic N) is 4. The third-order valence-electron chi connectivity index (χ3n) is 7.67. The number of hydrogen-bond acceptors (Lipinski definition) is 9. The van der Waals surface area contributed by atoms with Gasteiger partial charge in [-0.25, -0.2) is 19.9 Å². The van der Waals surface area contributed by atoms with Gasteiger partial charge in [0.2, 0.25) is 17.4 Å². The molecule has 0 unspecified atom stereocenters. The third-order valence-corrected chi connectivity index (χ3v) is 10.7. The zero-order valence-electron chi connectivity index (χ0n) is 22.1. The molecular weight excluding hydrogens is 621 g/mol. The van der Waals surface area contributed by atoms with Crippen LogP contribution >= 0.6 is 57.5 Å². The van der Waals surface area contributed by atoms with Crippen molar-refractivity contribution >= 4 is 83.7 Å². The van der Waals surface area contributed by atoms with Crippen molar-refractivity contribution in [3.63, 3.8) is 0 Å². The van der Waals surface area contributed by atoms with E-state index in [1.165, 1.54) is 57.5 Å². The number of ether oxygens (including phenoxy) is 2. The number of halogens is 3. The van der Waals surface area contributed by atoms with E-state index in [2.05, 4.69) is 31.3 Å². The van der Waals surface area contributed by atoms with Gasteiger partial charge in [0.1, 0.15) is 20.6 Å². The van der Waals surface area contributed by atoms with Crippen molar-refractivity contribution in [2.75, 3.05) is 18.7 Å². The van der Waals surface area contributed by atoms with Crippen molar-refractivity contribution in [2.45, 2.75) is 57.8 Å². The van der Waals surface area contributed by atoms with Crippen molar-refractivity contribution in [1.29, 1.82) is 0 Å². The Morgan fingerprint density at radius 3 is 2.12 bits per heavy atom. The molecule has 2 aliphatic carbocycles. The second-order valence-corrected chi connectivity index (χ2v) is 13.5. The van der Waals surface area contributed by atoms with Gasteiger partial charge in [-0.15, -0.1) is 22.7 Å². The van der Waals surface area contributed by atoms with Gasteiger partial charge in [0.05, 0.1) is 10.8 Å². The van der Waals surface area contributed by atoms with Crippen LogP contribution in [0.2, 0.25) is 15.7 Å². The molecule has 0 radical (unpaired) electrons. The molecule has 1 aromatic carbocycles. The van der Waals surface area contributed by atoms with E-state index < -0.39 is 0 Å². The second kappa shape index (κ2) is 11.7. The number of hydrogen-bond donors (Lipinski definition) is 1. The molecule has 212 valence electrons. The highest BCUT2D eigenvalue weighted by atomic mass is 35.5. The minimum Gasteiger partial charge on any atom is -0.454 e. The number of fused-ring (bicyclic) bond motifs is 7. The van der Waals surface area contributed by atoms with Crippen LogP contribution in [0.3, 0.4) is 0 Å². The number of benzene rings is 1. The Morgan fingerprint density at radius 1 is 0.732 bits per heavy atom. The van der Waals surface area contributed by atoms with Crippen LogP contribution in [0, 0.1) is 0 Å². The summed E-state index contributed by atoms with van der Waals surface area (Å²) in [5, 5.41) is 6.73. The highest BCUT2D eigenvalue weighted by Crippen LogP contribution is 2.40. The van der Waals surface area contributed by atoms with Gasteiger partial charge in [0.15, 0.2) is 11.5 Å². The monoisotopic (exact) mass is 645 g/mol. The number of anilines is 1. The Labute approximate surface area is 260 Å². The summed E-state index contributed by atoms with van der Waals surface area (Å²) in [5.74, 6) is 2.50. The number of aromatic nitrogens is 4. The quantitative estimate of drug-likeness (QED) is 0.155. The van der Waals surface area contributed by atoms with Crippen LogP contribution in [0.15, 0.2) is 18.2 Å². The minimum atomic E-state index is 0.242. The Balaban J connectivity index is 0.000000156. The second-order valence-electron chi connectivity index (χ2n) is 10.3. The van der Waals surface area contributed by atoms with Gasteiger partial charge < -0.3 is 14.8 Å². The molecule has 3 aliphatic rings. The molecule has 1 N–H and O–H groups in total. The van der Waals surface area contributed by atoms with Gasteiger partial charge in [-0.3, -0.25) is 0 Å². The van der Waals surface area contributed by atoms with Crippen LogP contribution in [-0.2, 0) is 32.1 Å². The van der Waals surface area contributed by atoms with E-state index in [1.807, 2.05) is 12.1 Å². The van der Waals surface area contributed by atoms with Crippen LogP contribution < -0.4 is 14.8 Å². The van der Waals surface area contributed by atoms with Crippen molar-refractivity contribution in [3.05, 3.63) is 60.4 Å². The molecule has 0 fully saturated rings. The van der Waals surface area contributed by atoms with Crippen LogP contribution in [0.4, 0.5) is 5.82 Å². The third kappa shape index (κ3) is 5.55. The molecule has 0 saturated carbocycles. The summed E-state index contributed by atoms with van der Waals surface area (Å²) in [5.41, 5.74) is 3.96. The van der Waals surface area contributed by atoms with Gasteiger partial charge in [-0.2, -0.15) is 0 Å². The highest BCUT2D eigenvalue weighted by molar-refractivity contribution is 7.19. The lowest BCUT2D eigenvalue weighted by molar-refractivity contribution is 0.174. The molecule has 41 heavy (non-hydrogen) atoms. The van der Waals surface area contributed by atoms with Crippen molar-refractivity contribution < 1.29 is 9.47 Å². The predicted octanol–water partition coefficient (Wildman–Crippen LogP) is 8.48. The molecule has 0 atom stereocenters. The standard InChI is InChI=1S/C19H18ClN3O2S.C10H8Cl2N2S/c20-19-22-17(16-12-3-1-2-4-15(12)26-18(16)23-19)21-8-7-11-5-6-13-14(9-11)25-10-24-13;11-8-7-5-3-1-2-4-6(5)15-9(7)14-10(12)13-8/h5-6,9H,1-4,7-8,10H2,(H,21,22,23);1-4H2. The first-order chi connectivity index (χ1) is 20.0. The topological polar surface area (TPSA) is 82.1 Å². The average Bonchev–Trinajstić information content (AvgIpc) is 3.67. The Bertz CT molecular complexity index is 1770. The van der Waals surface area contributed by atoms with E-state index in [4.69, 9.17) is 44.3 Å². The lowest BCUT2D eigenvalue weighted by Crippen LogP contribution is -2.08. The average molecular weight is 647 g/mol. The van der Waals surface area contributed by atoms with Gasteiger partial charge in [-0.05, 0) is 110 Å². The first-order valence-electron chi connectivity index (χ1n) is 13.8. The molecular formula is C29H26Cl3N5O2S2. The van der Waals surface area contributed by atoms with E-state index in [0.717, 1.165) is 71.0 Å². The molecule has 0 amide bonds. The lowest BCUT2D eigenvalue weighted by Gasteiger charge is -2.13. The van der Waals surface area contributed by atoms with Gasteiger partial charge in [0, 0.05) is 16.3 Å². The Morgan fingerprint density at radius 2 is 1.37 bits per heavy atom. The van der Waals surface area contributed by atoms with Crippen LogP contribution in [0.1, 0.15) is 52.1 Å². The summed E-state index contributed by atoms with van der Waals surface area (Å²) >= 11 is 21.5. The summed E-state index contributed by atoms with van der Waals surface area (Å²) in [4.78, 5) is 22.0. The van der Waals surface area contributed by atoms with Crippen LogP contribution in [0.5, 0.6) is 11.5 Å². The maximum Gasteiger partial charge on any atom is 0.231 e. The molecule has 7 nitrogen and oxygen atoms in total. The fourth-order valence-corrected chi connectivity index (χ4v) is 9.11. The molecule has 0 bridgehead atoms. The predicted molar refractivity (Wildman–Crippen MR) is 168 cm³/mol. The van der Waals surface area contributed by atoms with Crippen molar-refractivity contribution in [1.82, 2.24) is 19.9 Å². The molecule has 1 aliphatic heterocycles. The maximum atomic E-state index is 6.16. The van der Waals surface area contributed by atoms with Crippen LogP contribution in [0.25, 0.3) is 20.4 Å². The fourth-order valence-electron chi connectivity index (χ4n) is 5.77. The van der Waals surface area contributed by atoms with Gasteiger partial charge in [0.25, 0.3) is 0 Å². The smallest absolute Gasteiger partial charge is 0.231 e. The van der Waals surface area contributed by atoms with Gasteiger partial charge in [-0.1, -0.05) is 17.7 Å². The summed E-state index contributed by atoms with van der Waals surface area (Å²) in [6.45, 7) is 1.07. The summed E-state index contributed by atoms with van der Waals surface area (Å²) in [6, 6.07) is 6.08. The number of aryl methyl sites for hydroxylation is 4. The zero-order valence-corrected chi connectivity index (χ0v) is 26.0. The van der Waals surface area contributed by atoms with Crippen molar-refractivity contribution in [3.8, 4) is 11.5 Å². The van der Waals surface area contributed by atoms with E-state index in [1.54, 1.807) is 22.7 Å². The highest BCUT2D eigenvalue weighted by Gasteiger charge is 2.22. The SMILES string of the molecule is Clc1nc(Cl)c2c3c(sc2n1)CCCC3.Clc1nc(NCCc2ccc3c(c2)OCO3)c2c3c(sc2n1)CCCC3. The lowest BCUT2D eigenvalue weighted by atomic mass is 9.97. The van der Waals surface area contributed by atoms with E-state index in [9.17, 15) is 0 Å². The summed E-state index contributed by atoms with van der Waals surface area (Å²) in [7, 11) is 0. The van der Waals surface area contributed by atoms with Crippen LogP contribution in [-0.4, -0.2) is 33.3 Å². The molecule has 12 heteroatoms. The molecule has 8 rings (SSSR count). The zero-order chi connectivity index (χ0) is 27.9. The number of rotatable bonds is 4. The Kier molecular flexibility index (Phi) is 7.81. The van der Waals surface area contributed by atoms with Gasteiger partial charge >= 0.3 is 0 Å². The first kappa shape index (κ1) is 27.4. The minimum absolute atomic E-state index is 0.242. The van der Waals surface area contributed by atoms with E-state index >= 15 is 0 Å². The molecule has 0 spiro atoms. The molecule has 4 aromatic heterocycles. The summed E-state index contributed by atoms with van der Waals surface area (Å²) < 4.78 is 10.8. The first-order valence-corrected chi connectivity index (χ1v) is 16.5. The number of thiophene rings is 2. The fraction of sp³-hybridized carbons (Fsp3) is 0.379. The summed E-state index contributed by atoms with van der Waals surface area (Å²) in [6.07, 6.45) is 10.3. The largest absolute Gasteiger partial charge is 0.454 e. The van der Waals surface area contributed by atoms with E-state index in [-0.39, 0.29) is 5.28 Å². The number of nitrogens with one attached hydrogen (secondary N) is 1. The van der Waals surface area contributed by atoms with Crippen molar-refractivity contribution in [2.24, 2.45) is 0 Å². The molecule has 0 saturated heterocycles. The molecule has 5 heterocycles. The normalized spacial score (nSPS) is 15.4. The molecule has 5 aromatic rings. The van der Waals surface area contributed by atoms with E-state index in [0.29, 0.717) is 17.2 Å². The Hall–Kier alpha value is -2.43. The maximum absolute atomic E-state index is 6.16.